The summed E-state index contributed by atoms with van der Waals surface area (Å²) in [7, 11) is 6.20. The number of hydrogen-bond donors (Lipinski definition) is 2. The lowest BCUT2D eigenvalue weighted by atomic mass is 10.0. The second kappa shape index (κ2) is 12.2. The van der Waals surface area contributed by atoms with Crippen molar-refractivity contribution in [3.63, 3.8) is 0 Å². The van der Waals surface area contributed by atoms with Crippen molar-refractivity contribution in [2.75, 3.05) is 39.1 Å². The largest absolute Gasteiger partial charge is 0.479 e. The fourth-order valence-corrected chi connectivity index (χ4v) is 6.81. The molecule has 3 aliphatic rings. The Kier molecular flexibility index (Phi) is 8.68. The highest BCUT2D eigenvalue weighted by molar-refractivity contribution is 5.96. The molecule has 2 aliphatic heterocycles. The van der Waals surface area contributed by atoms with Crippen LogP contribution in [-0.4, -0.2) is 78.5 Å². The van der Waals surface area contributed by atoms with Gasteiger partial charge in [0.15, 0.2) is 0 Å². The summed E-state index contributed by atoms with van der Waals surface area (Å²) in [5, 5.41) is 15.3. The van der Waals surface area contributed by atoms with Crippen molar-refractivity contribution in [2.24, 2.45) is 11.8 Å². The molecule has 0 radical (unpaired) electrons. The molecule has 1 saturated carbocycles. The van der Waals surface area contributed by atoms with Crippen LogP contribution in [0, 0.1) is 11.8 Å². The number of nitrogens with one attached hydrogen (secondary N) is 1. The summed E-state index contributed by atoms with van der Waals surface area (Å²) in [6.07, 6.45) is 10.1. The van der Waals surface area contributed by atoms with Gasteiger partial charge in [0.25, 0.3) is 0 Å². The van der Waals surface area contributed by atoms with Crippen molar-refractivity contribution in [2.45, 2.75) is 69.5 Å². The summed E-state index contributed by atoms with van der Waals surface area (Å²) in [5.41, 5.74) is 1.17. The third-order valence-electron chi connectivity index (χ3n) is 9.12. The van der Waals surface area contributed by atoms with Gasteiger partial charge in [-0.3, -0.25) is 9.59 Å². The van der Waals surface area contributed by atoms with Crippen LogP contribution in [-0.2, 0) is 20.9 Å². The number of carboxylic acid groups (broad SMARTS) is 1. The molecule has 1 aliphatic carbocycles. The average Bonchev–Trinajstić information content (AvgIpc) is 3.47. The molecule has 0 aromatic heterocycles. The molecule has 2 N–H and O–H groups in total. The van der Waals surface area contributed by atoms with E-state index in [1.165, 1.54) is 22.0 Å². The zero-order valence-corrected chi connectivity index (χ0v) is 24.6. The Balaban J connectivity index is 1.31. The number of aliphatic carboxylic acids is 1. The molecule has 220 valence electrons. The second-order valence-corrected chi connectivity index (χ2v) is 12.5. The van der Waals surface area contributed by atoms with Crippen LogP contribution >= 0.6 is 0 Å². The molecule has 2 aromatic rings. The lowest BCUT2D eigenvalue weighted by molar-refractivity contribution is -0.145. The molecule has 0 bridgehead atoms. The van der Waals surface area contributed by atoms with Gasteiger partial charge in [-0.1, -0.05) is 55.3 Å². The van der Waals surface area contributed by atoms with Gasteiger partial charge in [0.1, 0.15) is 11.6 Å². The van der Waals surface area contributed by atoms with Crippen molar-refractivity contribution in [3.8, 4) is 0 Å². The third kappa shape index (κ3) is 6.27. The van der Waals surface area contributed by atoms with Crippen LogP contribution in [0.4, 0.5) is 5.69 Å². The van der Waals surface area contributed by atoms with E-state index in [1.807, 2.05) is 6.08 Å². The van der Waals surface area contributed by atoms with Crippen LogP contribution in [0.25, 0.3) is 10.8 Å². The zero-order chi connectivity index (χ0) is 29.1. The fourth-order valence-electron chi connectivity index (χ4n) is 6.81. The normalized spacial score (nSPS) is 27.9. The standard InChI is InChI=1S/C33H44N4O4/c1-35(2)28-17-16-24(26-13-10-11-14-27(26)28)22-36(3)20-23-18-29-31(39)34-33(32(40)41)19-25(33)12-8-6-4-5-7-9-15-30(38)37(29)21-23/h8,10-14,16-17,23,25,29H,4-7,9,15,18-22H2,1-3H3,(H,34,39)(H,40,41)/b12-8-/t23-,25+,29-,33+/m0/s1. The molecule has 4 atom stereocenters. The predicted octanol–water partition coefficient (Wildman–Crippen LogP) is 4.42. The van der Waals surface area contributed by atoms with Gasteiger partial charge < -0.3 is 25.1 Å². The number of nitrogens with zero attached hydrogens (tertiary/aromatic N) is 3. The van der Waals surface area contributed by atoms with E-state index in [0.717, 1.165) is 45.2 Å². The van der Waals surface area contributed by atoms with E-state index in [9.17, 15) is 19.5 Å². The van der Waals surface area contributed by atoms with E-state index in [4.69, 9.17) is 0 Å². The van der Waals surface area contributed by atoms with E-state index < -0.39 is 17.6 Å². The van der Waals surface area contributed by atoms with Crippen LogP contribution in [0.5, 0.6) is 0 Å². The first-order valence-corrected chi connectivity index (χ1v) is 15.1. The van der Waals surface area contributed by atoms with E-state index in [-0.39, 0.29) is 23.7 Å². The third-order valence-corrected chi connectivity index (χ3v) is 9.12. The topological polar surface area (TPSA) is 93.2 Å². The maximum Gasteiger partial charge on any atom is 0.330 e. The summed E-state index contributed by atoms with van der Waals surface area (Å²) in [4.78, 5) is 45.3. The molecule has 41 heavy (non-hydrogen) atoms. The first-order chi connectivity index (χ1) is 19.7. The SMILES string of the molecule is CN(Cc1ccc(N(C)C)c2ccccc12)C[C@@H]1C[C@H]2C(=O)N[C@]3(C(=O)O)C[C@H]3/C=C\CCCCCCC(=O)N2C1. The number of carbonyl (C=O) groups is 3. The van der Waals surface area contributed by atoms with E-state index >= 15 is 0 Å². The van der Waals surface area contributed by atoms with E-state index in [1.54, 1.807) is 4.90 Å². The first kappa shape index (κ1) is 29.1. The maximum absolute atomic E-state index is 13.6. The smallest absolute Gasteiger partial charge is 0.330 e. The molecule has 2 fully saturated rings. The highest BCUT2D eigenvalue weighted by Crippen LogP contribution is 2.45. The van der Waals surface area contributed by atoms with Gasteiger partial charge in [-0.2, -0.15) is 0 Å². The van der Waals surface area contributed by atoms with Crippen molar-refractivity contribution in [1.29, 1.82) is 0 Å². The molecule has 8 nitrogen and oxygen atoms in total. The van der Waals surface area contributed by atoms with Crippen LogP contribution in [0.3, 0.4) is 0 Å². The highest BCUT2D eigenvalue weighted by atomic mass is 16.4. The summed E-state index contributed by atoms with van der Waals surface area (Å²) in [6.45, 7) is 2.02. The number of allylic oxidation sites excluding steroid dienone is 1. The molecule has 1 saturated heterocycles. The van der Waals surface area contributed by atoms with E-state index in [2.05, 4.69) is 78.7 Å². The Morgan fingerprint density at radius 1 is 1.05 bits per heavy atom. The van der Waals surface area contributed by atoms with Gasteiger partial charge in [0.05, 0.1) is 0 Å². The number of amides is 2. The fraction of sp³-hybridized carbons (Fsp3) is 0.545. The lowest BCUT2D eigenvalue weighted by Crippen LogP contribution is -2.53. The summed E-state index contributed by atoms with van der Waals surface area (Å²) < 4.78 is 0. The van der Waals surface area contributed by atoms with Gasteiger partial charge in [-0.25, -0.2) is 4.79 Å². The number of carbonyl (C=O) groups excluding carboxylic acids is 2. The summed E-state index contributed by atoms with van der Waals surface area (Å²) >= 11 is 0. The minimum absolute atomic E-state index is 0.00490. The Labute approximate surface area is 243 Å². The molecule has 5 rings (SSSR count). The summed E-state index contributed by atoms with van der Waals surface area (Å²) in [6, 6.07) is 12.2. The van der Waals surface area contributed by atoms with Crippen LogP contribution in [0.2, 0.25) is 0 Å². The maximum atomic E-state index is 13.6. The molecule has 0 unspecified atom stereocenters. The molecular formula is C33H44N4O4. The van der Waals surface area contributed by atoms with Crippen LogP contribution in [0.1, 0.15) is 56.9 Å². The van der Waals surface area contributed by atoms with Gasteiger partial charge in [-0.05, 0) is 62.1 Å². The zero-order valence-electron chi connectivity index (χ0n) is 24.6. The lowest BCUT2D eigenvalue weighted by Gasteiger charge is -2.26. The quantitative estimate of drug-likeness (QED) is 0.508. The monoisotopic (exact) mass is 560 g/mol. The molecular weight excluding hydrogens is 516 g/mol. The minimum Gasteiger partial charge on any atom is -0.479 e. The first-order valence-electron chi connectivity index (χ1n) is 15.1. The molecule has 8 heteroatoms. The van der Waals surface area contributed by atoms with E-state index in [0.29, 0.717) is 25.8 Å². The average molecular weight is 561 g/mol. The van der Waals surface area contributed by atoms with Crippen molar-refractivity contribution in [3.05, 3.63) is 54.1 Å². The number of benzene rings is 2. The van der Waals surface area contributed by atoms with Gasteiger partial charge in [0, 0.05) is 57.1 Å². The van der Waals surface area contributed by atoms with Gasteiger partial charge in [-0.15, -0.1) is 0 Å². The molecule has 0 spiro atoms. The number of anilines is 1. The minimum atomic E-state index is -1.25. The number of rotatable bonds is 6. The van der Waals surface area contributed by atoms with Crippen molar-refractivity contribution in [1.82, 2.24) is 15.1 Å². The summed E-state index contributed by atoms with van der Waals surface area (Å²) in [5.74, 6) is -1.39. The molecule has 2 aromatic carbocycles. The number of carboxylic acids is 1. The Bertz CT molecular complexity index is 1320. The number of fused-ring (bicyclic) bond motifs is 3. The Morgan fingerprint density at radius 3 is 2.56 bits per heavy atom. The Hall–Kier alpha value is -3.39. The van der Waals surface area contributed by atoms with Crippen molar-refractivity contribution < 1.29 is 19.5 Å². The second-order valence-electron chi connectivity index (χ2n) is 12.5. The van der Waals surface area contributed by atoms with Crippen LogP contribution in [0.15, 0.2) is 48.6 Å². The van der Waals surface area contributed by atoms with Gasteiger partial charge >= 0.3 is 5.97 Å². The number of hydrogen-bond acceptors (Lipinski definition) is 5. The molecule has 2 heterocycles. The van der Waals surface area contributed by atoms with Crippen LogP contribution < -0.4 is 10.2 Å². The molecule has 2 amide bonds. The Morgan fingerprint density at radius 2 is 1.80 bits per heavy atom. The predicted molar refractivity (Wildman–Crippen MR) is 162 cm³/mol. The van der Waals surface area contributed by atoms with Gasteiger partial charge in [0.2, 0.25) is 11.8 Å². The van der Waals surface area contributed by atoms with Crippen molar-refractivity contribution >= 4 is 34.2 Å². The highest BCUT2D eigenvalue weighted by Gasteiger charge is 2.61.